The first-order valence-corrected chi connectivity index (χ1v) is 42.5. The fourth-order valence-corrected chi connectivity index (χ4v) is 11.7. The fourth-order valence-electron chi connectivity index (χ4n) is 10.0. The van der Waals surface area contributed by atoms with Crippen molar-refractivity contribution in [3.8, 4) is 23.0 Å². The number of aromatic nitrogens is 6. The van der Waals surface area contributed by atoms with E-state index in [4.69, 9.17) is 99.0 Å². The number of hydrogen-bond donors (Lipinski definition) is 12. The maximum absolute atomic E-state index is 11.8. The Morgan fingerprint density at radius 3 is 0.794 bits per heavy atom. The Morgan fingerprint density at radius 2 is 0.571 bits per heavy atom. The summed E-state index contributed by atoms with van der Waals surface area (Å²) in [6.07, 6.45) is 0.796. The standard InChI is InChI=1S/C70H72N20O16S4.4C2H4O2/c91-103-105-107-41-13-37-99-61-45-53(85-81-49-17-5-1-6-18-49)25-29-57(61)71-65-75-67(73-59-31-27-55(87-83-51-21-9-3-10-22-51)47-63(59)101-39-15-43-109(93,94)95)79-69(77-65)89-33-35-90(36-34-89)70-78-66(72-58-30-26-54(86-82-50-19-7-2-8-20-50)46-62(58)100-38-14-42-108-106-104-92)76-68(80-70)74-60-32-28-56(88-84-52-23-11-4-12-24-52)48-64(60)102-40-16-44-110(96,97)98;4*1-2(3)4/h1-12,17-32,45-48,91-92H,13-16,33-44H2,(H,93,94,95)(H,96,97,98)(H2,71,73,75,77,79)(H2,72,74,76,78,80);4*1H3,(H,3,4). The van der Waals surface area contributed by atoms with Crippen LogP contribution in [0.4, 0.5) is 104 Å². The zero-order chi connectivity index (χ0) is 90.9. The number of rotatable bonds is 42. The Hall–Kier alpha value is -13.7. The summed E-state index contributed by atoms with van der Waals surface area (Å²) in [7, 11) is -8.63. The van der Waals surface area contributed by atoms with Crippen LogP contribution >= 0.6 is 24.1 Å². The molecule has 8 aromatic carbocycles. The molecule has 0 radical (unpaired) electrons. The van der Waals surface area contributed by atoms with Crippen LogP contribution < -0.4 is 50.0 Å². The van der Waals surface area contributed by atoms with Crippen molar-refractivity contribution < 1.29 is 114 Å². The molecule has 0 saturated carbocycles. The summed E-state index contributed by atoms with van der Waals surface area (Å²) in [5.74, 6) is -2.00. The van der Waals surface area contributed by atoms with E-state index in [1.165, 1.54) is 0 Å². The molecule has 126 heavy (non-hydrogen) atoms. The van der Waals surface area contributed by atoms with Gasteiger partial charge in [0, 0.05) is 114 Å². The number of carboxylic acids is 4. The van der Waals surface area contributed by atoms with Gasteiger partial charge in [0.1, 0.15) is 23.0 Å². The molecule has 0 aliphatic carbocycles. The van der Waals surface area contributed by atoms with Gasteiger partial charge in [-0.1, -0.05) is 82.9 Å². The number of anilines is 10. The van der Waals surface area contributed by atoms with Gasteiger partial charge in [0.25, 0.3) is 44.1 Å². The summed E-state index contributed by atoms with van der Waals surface area (Å²) in [6.45, 7) is 5.46. The molecule has 0 amide bonds. The van der Waals surface area contributed by atoms with Crippen molar-refractivity contribution in [2.75, 3.05) is 107 Å². The average Bonchev–Trinajstić information content (AvgIpc) is 0.808. The van der Waals surface area contributed by atoms with E-state index in [0.717, 1.165) is 51.8 Å². The number of piperazine rings is 1. The summed E-state index contributed by atoms with van der Waals surface area (Å²) < 4.78 is 100. The minimum absolute atomic E-state index is 0.0260. The Labute approximate surface area is 730 Å². The first kappa shape index (κ1) is 99.4. The molecule has 0 bridgehead atoms. The van der Waals surface area contributed by atoms with E-state index in [1.807, 2.05) is 107 Å². The number of ether oxygens (including phenoxy) is 4. The molecule has 3 heterocycles. The summed E-state index contributed by atoms with van der Waals surface area (Å²) in [6, 6.07) is 56.8. The van der Waals surface area contributed by atoms with Gasteiger partial charge in [0.2, 0.25) is 35.7 Å². The van der Waals surface area contributed by atoms with Gasteiger partial charge in [0.05, 0.1) is 106 Å². The van der Waals surface area contributed by atoms with Crippen LogP contribution in [0.3, 0.4) is 0 Å². The third-order valence-electron chi connectivity index (χ3n) is 15.1. The van der Waals surface area contributed by atoms with Crippen LogP contribution in [-0.2, 0) is 58.2 Å². The van der Waals surface area contributed by atoms with Crippen molar-refractivity contribution in [1.82, 2.24) is 29.9 Å². The second-order valence-electron chi connectivity index (χ2n) is 25.3. The molecular weight excluding hydrogens is 1730 g/mol. The van der Waals surface area contributed by atoms with Gasteiger partial charge in [-0.05, 0) is 123 Å². The van der Waals surface area contributed by atoms with Crippen molar-refractivity contribution >= 4 is 172 Å². The Kier molecular flexibility index (Phi) is 42.7. The normalized spacial score (nSPS) is 11.8. The number of azo groups is 4. The molecule has 48 heteroatoms. The third-order valence-corrected chi connectivity index (χ3v) is 17.9. The molecule has 1 fully saturated rings. The topological polar surface area (TPSA) is 603 Å². The molecule has 1 saturated heterocycles. The van der Waals surface area contributed by atoms with Crippen molar-refractivity contribution in [3.63, 3.8) is 0 Å². The van der Waals surface area contributed by atoms with E-state index in [0.29, 0.717) is 104 Å². The fraction of sp³-hybridized carbons (Fsp3) is 0.256. The van der Waals surface area contributed by atoms with Crippen LogP contribution in [0.25, 0.3) is 0 Å². The van der Waals surface area contributed by atoms with Crippen molar-refractivity contribution in [3.05, 3.63) is 194 Å². The lowest BCUT2D eigenvalue weighted by atomic mass is 10.2. The first-order chi connectivity index (χ1) is 60.5. The minimum Gasteiger partial charge on any atom is -0.491 e. The quantitative estimate of drug-likeness (QED) is 0.00422. The predicted molar refractivity (Wildman–Crippen MR) is 466 cm³/mol. The molecule has 0 unspecified atom stereocenters. The molecule has 12 N–H and O–H groups in total. The van der Waals surface area contributed by atoms with E-state index in [-0.39, 0.29) is 113 Å². The van der Waals surface area contributed by atoms with Gasteiger partial charge < -0.3 is 70.4 Å². The van der Waals surface area contributed by atoms with E-state index in [1.54, 1.807) is 97.1 Å². The minimum atomic E-state index is -4.31. The Balaban J connectivity index is 0.00000125. The predicted octanol–water partition coefficient (Wildman–Crippen LogP) is 17.4. The number of aliphatic carboxylic acids is 4. The van der Waals surface area contributed by atoms with E-state index < -0.39 is 55.6 Å². The van der Waals surface area contributed by atoms with Crippen molar-refractivity contribution in [2.24, 2.45) is 40.9 Å². The number of hydrogen-bond acceptors (Lipinski definition) is 40. The SMILES string of the molecule is CC(=O)O.CC(=O)O.CC(=O)O.CC(=O)O.O=S(=O)(O)CCCOc1cc(N=Nc2ccccc2)ccc1Nc1nc(Nc2ccc(N=Nc3ccccc3)cc2OCCCSOOO)nc(N2CCN(c3nc(Nc4ccc(N=Nc5ccccc5)cc4OCCCSOOO)nc(Nc4ccc(N=Nc5ccccc5)cc4OCCCS(=O)(=O)O)n3)CC2)n1. The molecule has 0 atom stereocenters. The lowest BCUT2D eigenvalue weighted by Gasteiger charge is -2.35. The van der Waals surface area contributed by atoms with Crippen molar-refractivity contribution in [1.29, 1.82) is 0 Å². The molecule has 0 spiro atoms. The van der Waals surface area contributed by atoms with Crippen LogP contribution in [0.15, 0.2) is 235 Å². The number of nitrogens with zero attached hydrogens (tertiary/aromatic N) is 16. The lowest BCUT2D eigenvalue weighted by molar-refractivity contribution is -0.432. The lowest BCUT2D eigenvalue weighted by Crippen LogP contribution is -2.48. The van der Waals surface area contributed by atoms with Crippen LogP contribution in [0.1, 0.15) is 53.4 Å². The number of carboxylic acid groups (broad SMARTS) is 4. The van der Waals surface area contributed by atoms with Gasteiger partial charge in [-0.3, -0.25) is 28.3 Å². The molecular formula is C78H88N20O24S4. The van der Waals surface area contributed by atoms with E-state index >= 15 is 0 Å². The van der Waals surface area contributed by atoms with Gasteiger partial charge in [-0.25, -0.2) is 10.5 Å². The van der Waals surface area contributed by atoms with Gasteiger partial charge in [-0.2, -0.15) is 87.7 Å². The van der Waals surface area contributed by atoms with E-state index in [9.17, 15) is 25.9 Å². The Morgan fingerprint density at radius 1 is 0.349 bits per heavy atom. The maximum atomic E-state index is 11.8. The smallest absolute Gasteiger partial charge is 0.300 e. The molecule has 44 nitrogen and oxygen atoms in total. The van der Waals surface area contributed by atoms with Gasteiger partial charge in [-0.15, -0.1) is 8.67 Å². The van der Waals surface area contributed by atoms with Crippen LogP contribution in [0.2, 0.25) is 0 Å². The third kappa shape index (κ3) is 40.6. The molecule has 2 aromatic heterocycles. The number of nitrogens with one attached hydrogen (secondary N) is 4. The van der Waals surface area contributed by atoms with Crippen LogP contribution in [-0.4, -0.2) is 186 Å². The highest BCUT2D eigenvalue weighted by atomic mass is 32.2. The first-order valence-electron chi connectivity index (χ1n) is 37.5. The second-order valence-corrected chi connectivity index (χ2v) is 30.0. The molecule has 1 aliphatic heterocycles. The summed E-state index contributed by atoms with van der Waals surface area (Å²) in [5, 5.41) is 103. The molecule has 11 rings (SSSR count). The monoisotopic (exact) mass is 1820 g/mol. The maximum Gasteiger partial charge on any atom is 0.300 e. The number of benzene rings is 8. The average molecular weight is 1820 g/mol. The number of carbonyl (C=O) groups is 4. The summed E-state index contributed by atoms with van der Waals surface area (Å²) in [4.78, 5) is 69.5. The Bertz CT molecular complexity index is 5090. The second kappa shape index (κ2) is 54.1. The summed E-state index contributed by atoms with van der Waals surface area (Å²) in [5.41, 5.74) is 5.63. The van der Waals surface area contributed by atoms with Crippen LogP contribution in [0, 0.1) is 0 Å². The van der Waals surface area contributed by atoms with Crippen molar-refractivity contribution in [2.45, 2.75) is 53.4 Å². The van der Waals surface area contributed by atoms with Gasteiger partial charge >= 0.3 is 0 Å². The molecule has 1 aliphatic rings. The van der Waals surface area contributed by atoms with Crippen LogP contribution in [0.5, 0.6) is 23.0 Å². The molecule has 10 aromatic rings. The zero-order valence-electron chi connectivity index (χ0n) is 67.7. The highest BCUT2D eigenvalue weighted by molar-refractivity contribution is 7.94. The highest BCUT2D eigenvalue weighted by Crippen LogP contribution is 2.39. The summed E-state index contributed by atoms with van der Waals surface area (Å²) >= 11 is 1.76. The van der Waals surface area contributed by atoms with Gasteiger partial charge in [0.15, 0.2) is 0 Å². The highest BCUT2D eigenvalue weighted by Gasteiger charge is 2.26. The zero-order valence-corrected chi connectivity index (χ0v) is 71.0. The van der Waals surface area contributed by atoms with E-state index in [2.05, 4.69) is 80.9 Å². The molecule has 668 valence electrons. The largest absolute Gasteiger partial charge is 0.491 e.